The Morgan fingerprint density at radius 3 is 2.53 bits per heavy atom. The molecule has 1 aromatic heterocycles. The number of hydrogen-bond acceptors (Lipinski definition) is 1. The summed E-state index contributed by atoms with van der Waals surface area (Å²) in [5.41, 5.74) is 4.20. The quantitative estimate of drug-likeness (QED) is 0.709. The zero-order chi connectivity index (χ0) is 10.8. The normalized spacial score (nSPS) is 10.2. The van der Waals surface area contributed by atoms with Crippen LogP contribution in [0.3, 0.4) is 0 Å². The summed E-state index contributed by atoms with van der Waals surface area (Å²) in [5, 5.41) is 1.18. The van der Waals surface area contributed by atoms with Crippen molar-refractivity contribution in [3.8, 4) is 0 Å². The van der Waals surface area contributed by atoms with Crippen LogP contribution >= 0.6 is 0 Å². The van der Waals surface area contributed by atoms with Gasteiger partial charge in [-0.05, 0) is 24.6 Å². The lowest BCUT2D eigenvalue weighted by atomic mass is 10.0. The number of hydrogen-bond donors (Lipinski definition) is 0. The molecule has 15 heavy (non-hydrogen) atoms. The number of pyridine rings is 1. The standard InChI is InChI=1S/C14H13N/c1-4-11-10(3)12-8-6-7-9-14(12)15-13(11)5-2/h4-9H,1-2H2,3H3. The summed E-state index contributed by atoms with van der Waals surface area (Å²) in [6, 6.07) is 8.12. The van der Waals surface area contributed by atoms with Crippen molar-refractivity contribution in [1.82, 2.24) is 4.98 Å². The molecular weight excluding hydrogens is 182 g/mol. The van der Waals surface area contributed by atoms with Gasteiger partial charge in [-0.1, -0.05) is 37.4 Å². The van der Waals surface area contributed by atoms with Crippen molar-refractivity contribution in [2.75, 3.05) is 0 Å². The van der Waals surface area contributed by atoms with Crippen LogP contribution < -0.4 is 0 Å². The van der Waals surface area contributed by atoms with Crippen molar-refractivity contribution in [3.05, 3.63) is 54.2 Å². The molecule has 0 atom stereocenters. The lowest BCUT2D eigenvalue weighted by molar-refractivity contribution is 1.32. The molecular formula is C14H13N. The van der Waals surface area contributed by atoms with Crippen molar-refractivity contribution in [2.24, 2.45) is 0 Å². The fraction of sp³-hybridized carbons (Fsp3) is 0.0714. The summed E-state index contributed by atoms with van der Waals surface area (Å²) in [7, 11) is 0. The minimum Gasteiger partial charge on any atom is -0.248 e. The summed E-state index contributed by atoms with van der Waals surface area (Å²) in [5.74, 6) is 0. The van der Waals surface area contributed by atoms with E-state index in [9.17, 15) is 0 Å². The summed E-state index contributed by atoms with van der Waals surface area (Å²) in [4.78, 5) is 4.54. The van der Waals surface area contributed by atoms with Gasteiger partial charge < -0.3 is 0 Å². The zero-order valence-electron chi connectivity index (χ0n) is 8.83. The van der Waals surface area contributed by atoms with Crippen molar-refractivity contribution in [2.45, 2.75) is 6.92 Å². The molecule has 0 saturated heterocycles. The van der Waals surface area contributed by atoms with E-state index in [0.29, 0.717) is 0 Å². The van der Waals surface area contributed by atoms with Crippen molar-refractivity contribution in [3.63, 3.8) is 0 Å². The van der Waals surface area contributed by atoms with Gasteiger partial charge in [0.05, 0.1) is 11.2 Å². The maximum atomic E-state index is 4.54. The van der Waals surface area contributed by atoms with Gasteiger partial charge in [0.1, 0.15) is 0 Å². The van der Waals surface area contributed by atoms with Gasteiger partial charge in [-0.15, -0.1) is 0 Å². The molecule has 0 aliphatic rings. The number of aryl methyl sites for hydroxylation is 1. The highest BCUT2D eigenvalue weighted by atomic mass is 14.7. The van der Waals surface area contributed by atoms with Crippen molar-refractivity contribution >= 4 is 23.1 Å². The van der Waals surface area contributed by atoms with Crippen LogP contribution in [0, 0.1) is 6.92 Å². The van der Waals surface area contributed by atoms with E-state index >= 15 is 0 Å². The smallest absolute Gasteiger partial charge is 0.0712 e. The van der Waals surface area contributed by atoms with Crippen LogP contribution in [0.5, 0.6) is 0 Å². The van der Waals surface area contributed by atoms with Gasteiger partial charge in [0.25, 0.3) is 0 Å². The van der Waals surface area contributed by atoms with E-state index < -0.39 is 0 Å². The van der Waals surface area contributed by atoms with E-state index in [0.717, 1.165) is 16.8 Å². The molecule has 2 rings (SSSR count). The number of benzene rings is 1. The molecule has 1 aromatic carbocycles. The summed E-state index contributed by atoms with van der Waals surface area (Å²) in [6.45, 7) is 9.69. The number of fused-ring (bicyclic) bond motifs is 1. The molecule has 0 unspecified atom stereocenters. The highest BCUT2D eigenvalue weighted by molar-refractivity contribution is 5.87. The highest BCUT2D eigenvalue weighted by Crippen LogP contribution is 2.23. The van der Waals surface area contributed by atoms with Gasteiger partial charge in [-0.3, -0.25) is 0 Å². The third-order valence-electron chi connectivity index (χ3n) is 2.63. The largest absolute Gasteiger partial charge is 0.248 e. The average molecular weight is 195 g/mol. The van der Waals surface area contributed by atoms with Gasteiger partial charge >= 0.3 is 0 Å². The number of nitrogens with zero attached hydrogens (tertiary/aromatic N) is 1. The van der Waals surface area contributed by atoms with Crippen LogP contribution in [0.25, 0.3) is 23.1 Å². The Morgan fingerprint density at radius 1 is 1.13 bits per heavy atom. The van der Waals surface area contributed by atoms with Gasteiger partial charge in [0.15, 0.2) is 0 Å². The number of para-hydroxylation sites is 1. The Balaban J connectivity index is 2.93. The molecule has 1 nitrogen and oxygen atoms in total. The van der Waals surface area contributed by atoms with E-state index in [4.69, 9.17) is 0 Å². The molecule has 1 heterocycles. The topological polar surface area (TPSA) is 12.9 Å². The molecule has 0 N–H and O–H groups in total. The Morgan fingerprint density at radius 2 is 1.87 bits per heavy atom. The minimum absolute atomic E-state index is 0.904. The molecule has 0 radical (unpaired) electrons. The van der Waals surface area contributed by atoms with Gasteiger partial charge in [0, 0.05) is 10.9 Å². The summed E-state index contributed by atoms with van der Waals surface area (Å²) < 4.78 is 0. The first-order valence-corrected chi connectivity index (χ1v) is 4.92. The minimum atomic E-state index is 0.904. The first-order chi connectivity index (χ1) is 7.27. The van der Waals surface area contributed by atoms with E-state index in [2.05, 4.69) is 31.1 Å². The third-order valence-corrected chi connectivity index (χ3v) is 2.63. The molecule has 0 spiro atoms. The first-order valence-electron chi connectivity index (χ1n) is 4.92. The van der Waals surface area contributed by atoms with Crippen LogP contribution in [0.1, 0.15) is 16.8 Å². The number of aromatic nitrogens is 1. The Kier molecular flexibility index (Phi) is 2.38. The first kappa shape index (κ1) is 9.66. The van der Waals surface area contributed by atoms with E-state index in [1.54, 1.807) is 6.08 Å². The Labute approximate surface area is 89.8 Å². The predicted molar refractivity (Wildman–Crippen MR) is 66.7 cm³/mol. The predicted octanol–water partition coefficient (Wildman–Crippen LogP) is 3.83. The van der Waals surface area contributed by atoms with E-state index in [1.807, 2.05) is 24.3 Å². The fourth-order valence-corrected chi connectivity index (χ4v) is 1.83. The average Bonchev–Trinajstić information content (AvgIpc) is 2.29. The molecule has 0 fully saturated rings. The molecule has 0 aliphatic heterocycles. The molecule has 2 aromatic rings. The maximum absolute atomic E-state index is 4.54. The van der Waals surface area contributed by atoms with Crippen LogP contribution in [-0.2, 0) is 0 Å². The fourth-order valence-electron chi connectivity index (χ4n) is 1.83. The second kappa shape index (κ2) is 3.70. The second-order valence-corrected chi connectivity index (χ2v) is 3.46. The SMILES string of the molecule is C=Cc1nc2ccccc2c(C)c1C=C. The monoisotopic (exact) mass is 195 g/mol. The molecule has 74 valence electrons. The van der Waals surface area contributed by atoms with Crippen LogP contribution in [0.2, 0.25) is 0 Å². The molecule has 0 aliphatic carbocycles. The Bertz CT molecular complexity index is 538. The van der Waals surface area contributed by atoms with Gasteiger partial charge in [-0.25, -0.2) is 4.98 Å². The van der Waals surface area contributed by atoms with Crippen molar-refractivity contribution < 1.29 is 0 Å². The lowest BCUT2D eigenvalue weighted by Crippen LogP contribution is -1.93. The van der Waals surface area contributed by atoms with Crippen LogP contribution in [-0.4, -0.2) is 4.98 Å². The second-order valence-electron chi connectivity index (χ2n) is 3.46. The molecule has 0 bridgehead atoms. The third kappa shape index (κ3) is 1.46. The highest BCUT2D eigenvalue weighted by Gasteiger charge is 2.06. The van der Waals surface area contributed by atoms with Gasteiger partial charge in [-0.2, -0.15) is 0 Å². The lowest BCUT2D eigenvalue weighted by Gasteiger charge is -2.08. The Hall–Kier alpha value is -1.89. The van der Waals surface area contributed by atoms with Crippen LogP contribution in [0.15, 0.2) is 37.4 Å². The summed E-state index contributed by atoms with van der Waals surface area (Å²) >= 11 is 0. The van der Waals surface area contributed by atoms with E-state index in [1.165, 1.54) is 10.9 Å². The van der Waals surface area contributed by atoms with Crippen LogP contribution in [0.4, 0.5) is 0 Å². The summed E-state index contributed by atoms with van der Waals surface area (Å²) in [6.07, 6.45) is 3.61. The maximum Gasteiger partial charge on any atom is 0.0712 e. The zero-order valence-corrected chi connectivity index (χ0v) is 8.83. The van der Waals surface area contributed by atoms with Crippen molar-refractivity contribution in [1.29, 1.82) is 0 Å². The van der Waals surface area contributed by atoms with E-state index in [-0.39, 0.29) is 0 Å². The number of rotatable bonds is 2. The molecule has 0 saturated carbocycles. The molecule has 0 amide bonds. The van der Waals surface area contributed by atoms with Gasteiger partial charge in [0.2, 0.25) is 0 Å². The molecule has 1 heteroatoms.